The Morgan fingerprint density at radius 1 is 0.867 bits per heavy atom. The third kappa shape index (κ3) is 8.22. The van der Waals surface area contributed by atoms with E-state index in [9.17, 15) is 19.2 Å². The Kier molecular flexibility index (Phi) is 11.3. The van der Waals surface area contributed by atoms with Crippen molar-refractivity contribution >= 4 is 48.9 Å². The quantitative estimate of drug-likeness (QED) is 0.167. The second-order valence-corrected chi connectivity index (χ2v) is 7.10. The van der Waals surface area contributed by atoms with Gasteiger partial charge in [-0.05, 0) is 5.56 Å². The molecule has 0 bridgehead atoms. The van der Waals surface area contributed by atoms with Crippen LogP contribution in [0.25, 0.3) is 0 Å². The van der Waals surface area contributed by atoms with Crippen LogP contribution in [0.15, 0.2) is 30.3 Å². The minimum Gasteiger partial charge on any atom is -0.480 e. The van der Waals surface area contributed by atoms with E-state index in [-0.39, 0.29) is 17.9 Å². The zero-order valence-electron chi connectivity index (χ0n) is 16.0. The first kappa shape index (κ1) is 25.8. The lowest BCUT2D eigenvalue weighted by molar-refractivity contribution is -0.143. The number of hydrogen-bond donors (Lipinski definition) is 8. The SMILES string of the molecule is NC(CS)C(=O)NC(Cc1ccccc1)C(=O)NC(CS)C(=O)NC(CO)C(=O)O. The third-order valence-electron chi connectivity index (χ3n) is 4.06. The molecule has 12 heteroatoms. The largest absolute Gasteiger partial charge is 0.480 e. The standard InChI is InChI=1S/C18H26N4O6S2/c19-11(8-29)15(24)20-12(6-10-4-2-1-3-5-10)16(25)22-14(9-30)17(26)21-13(7-23)18(27)28/h1-5,11-14,23,29-30H,6-9,19H2,(H,20,24)(H,21,26)(H,22,25)(H,27,28). The molecule has 0 radical (unpaired) electrons. The molecule has 4 unspecified atom stereocenters. The van der Waals surface area contributed by atoms with Crippen LogP contribution in [-0.2, 0) is 25.6 Å². The van der Waals surface area contributed by atoms with Gasteiger partial charge >= 0.3 is 5.97 Å². The Morgan fingerprint density at radius 3 is 1.90 bits per heavy atom. The predicted molar refractivity (Wildman–Crippen MR) is 116 cm³/mol. The van der Waals surface area contributed by atoms with Crippen LogP contribution in [0.5, 0.6) is 0 Å². The highest BCUT2D eigenvalue weighted by Gasteiger charge is 2.29. The van der Waals surface area contributed by atoms with Gasteiger partial charge in [-0.3, -0.25) is 14.4 Å². The molecule has 1 aromatic carbocycles. The molecule has 1 aromatic rings. The van der Waals surface area contributed by atoms with Crippen molar-refractivity contribution in [1.82, 2.24) is 16.0 Å². The van der Waals surface area contributed by atoms with Gasteiger partial charge in [-0.2, -0.15) is 25.3 Å². The Bertz CT molecular complexity index is 737. The second kappa shape index (κ2) is 13.1. The van der Waals surface area contributed by atoms with E-state index in [1.54, 1.807) is 30.3 Å². The van der Waals surface area contributed by atoms with E-state index in [0.717, 1.165) is 5.56 Å². The summed E-state index contributed by atoms with van der Waals surface area (Å²) >= 11 is 7.98. The maximum Gasteiger partial charge on any atom is 0.328 e. The van der Waals surface area contributed by atoms with Crippen molar-refractivity contribution in [2.24, 2.45) is 5.73 Å². The number of rotatable bonds is 12. The van der Waals surface area contributed by atoms with Gasteiger partial charge in [0.25, 0.3) is 0 Å². The molecular formula is C18H26N4O6S2. The number of carbonyl (C=O) groups is 4. The number of aliphatic carboxylic acids is 1. The molecule has 0 aliphatic carbocycles. The number of thiol groups is 2. The van der Waals surface area contributed by atoms with Crippen molar-refractivity contribution in [3.05, 3.63) is 35.9 Å². The number of carboxylic acids is 1. The fourth-order valence-electron chi connectivity index (χ4n) is 2.34. The van der Waals surface area contributed by atoms with E-state index in [2.05, 4.69) is 41.2 Å². The topological polar surface area (TPSA) is 171 Å². The summed E-state index contributed by atoms with van der Waals surface area (Å²) in [5.41, 5.74) is 6.42. The zero-order chi connectivity index (χ0) is 22.7. The lowest BCUT2D eigenvalue weighted by atomic mass is 10.0. The van der Waals surface area contributed by atoms with E-state index >= 15 is 0 Å². The zero-order valence-corrected chi connectivity index (χ0v) is 17.8. The molecule has 0 aromatic heterocycles. The average molecular weight is 459 g/mol. The molecule has 0 aliphatic heterocycles. The van der Waals surface area contributed by atoms with Crippen molar-refractivity contribution < 1.29 is 29.4 Å². The van der Waals surface area contributed by atoms with Crippen LogP contribution < -0.4 is 21.7 Å². The van der Waals surface area contributed by atoms with Crippen LogP contribution in [-0.4, -0.2) is 76.2 Å². The summed E-state index contributed by atoms with van der Waals surface area (Å²) in [4.78, 5) is 48.2. The number of hydrogen-bond acceptors (Lipinski definition) is 8. The minimum atomic E-state index is -1.52. The van der Waals surface area contributed by atoms with Crippen LogP contribution in [0.1, 0.15) is 5.56 Å². The van der Waals surface area contributed by atoms with Crippen molar-refractivity contribution in [3.8, 4) is 0 Å². The first-order valence-electron chi connectivity index (χ1n) is 8.99. The molecule has 0 spiro atoms. The normalized spacial score (nSPS) is 14.7. The van der Waals surface area contributed by atoms with Gasteiger partial charge < -0.3 is 31.9 Å². The van der Waals surface area contributed by atoms with Crippen LogP contribution >= 0.6 is 25.3 Å². The minimum absolute atomic E-state index is 0.0743. The summed E-state index contributed by atoms with van der Waals surface area (Å²) in [6, 6.07) is 4.20. The number of nitrogens with two attached hydrogens (primary N) is 1. The number of aliphatic hydroxyl groups excluding tert-OH is 1. The van der Waals surface area contributed by atoms with Gasteiger partial charge in [-0.1, -0.05) is 30.3 Å². The summed E-state index contributed by atoms with van der Waals surface area (Å²) in [7, 11) is 0. The molecular weight excluding hydrogens is 432 g/mol. The summed E-state index contributed by atoms with van der Waals surface area (Å²) in [5.74, 6) is -3.59. The maximum atomic E-state index is 12.8. The summed E-state index contributed by atoms with van der Waals surface area (Å²) < 4.78 is 0. The fraction of sp³-hybridized carbons (Fsp3) is 0.444. The highest BCUT2D eigenvalue weighted by Crippen LogP contribution is 2.05. The average Bonchev–Trinajstić information content (AvgIpc) is 2.74. The number of benzene rings is 1. The monoisotopic (exact) mass is 458 g/mol. The molecule has 0 fully saturated rings. The predicted octanol–water partition coefficient (Wildman–Crippen LogP) is -2.05. The van der Waals surface area contributed by atoms with Crippen LogP contribution in [0.3, 0.4) is 0 Å². The molecule has 4 atom stereocenters. The van der Waals surface area contributed by atoms with Gasteiger partial charge in [-0.15, -0.1) is 0 Å². The van der Waals surface area contributed by atoms with Gasteiger partial charge in [-0.25, -0.2) is 4.79 Å². The lowest BCUT2D eigenvalue weighted by Gasteiger charge is -2.24. The number of amides is 3. The highest BCUT2D eigenvalue weighted by atomic mass is 32.1. The molecule has 1 rings (SSSR count). The van der Waals surface area contributed by atoms with E-state index in [0.29, 0.717) is 0 Å². The van der Waals surface area contributed by atoms with Crippen molar-refractivity contribution in [3.63, 3.8) is 0 Å². The Hall–Kier alpha value is -2.28. The number of aliphatic hydroxyl groups is 1. The van der Waals surface area contributed by atoms with E-state index in [4.69, 9.17) is 15.9 Å². The van der Waals surface area contributed by atoms with Crippen molar-refractivity contribution in [2.75, 3.05) is 18.1 Å². The Labute approximate surface area is 184 Å². The van der Waals surface area contributed by atoms with Crippen LogP contribution in [0.2, 0.25) is 0 Å². The van der Waals surface area contributed by atoms with Crippen molar-refractivity contribution in [1.29, 1.82) is 0 Å². The third-order valence-corrected chi connectivity index (χ3v) is 4.82. The fourth-order valence-corrected chi connectivity index (χ4v) is 2.77. The van der Waals surface area contributed by atoms with Gasteiger partial charge in [0, 0.05) is 17.9 Å². The first-order valence-corrected chi connectivity index (χ1v) is 10.3. The second-order valence-electron chi connectivity index (χ2n) is 6.37. The van der Waals surface area contributed by atoms with E-state index < -0.39 is 54.5 Å². The van der Waals surface area contributed by atoms with Gasteiger partial charge in [0.05, 0.1) is 12.6 Å². The van der Waals surface area contributed by atoms with Gasteiger partial charge in [0.2, 0.25) is 17.7 Å². The molecule has 0 aliphatic rings. The molecule has 10 nitrogen and oxygen atoms in total. The Balaban J connectivity index is 2.93. The maximum absolute atomic E-state index is 12.8. The highest BCUT2D eigenvalue weighted by molar-refractivity contribution is 7.80. The molecule has 166 valence electrons. The number of nitrogens with one attached hydrogen (secondary N) is 3. The van der Waals surface area contributed by atoms with Crippen LogP contribution in [0.4, 0.5) is 0 Å². The first-order chi connectivity index (χ1) is 14.2. The summed E-state index contributed by atoms with van der Waals surface area (Å²) in [6.45, 7) is -0.817. The number of carboxylic acid groups (broad SMARTS) is 1. The Morgan fingerprint density at radius 2 is 1.40 bits per heavy atom. The molecule has 7 N–H and O–H groups in total. The van der Waals surface area contributed by atoms with Gasteiger partial charge in [0.1, 0.15) is 18.1 Å². The molecule has 0 saturated carbocycles. The lowest BCUT2D eigenvalue weighted by Crippen LogP contribution is -2.58. The summed E-state index contributed by atoms with van der Waals surface area (Å²) in [6.07, 6.45) is 0.132. The van der Waals surface area contributed by atoms with E-state index in [1.165, 1.54) is 0 Å². The smallest absolute Gasteiger partial charge is 0.328 e. The van der Waals surface area contributed by atoms with Gasteiger partial charge in [0.15, 0.2) is 0 Å². The van der Waals surface area contributed by atoms with Crippen LogP contribution in [0, 0.1) is 0 Å². The molecule has 0 saturated heterocycles. The molecule has 0 heterocycles. The van der Waals surface area contributed by atoms with Crippen molar-refractivity contribution in [2.45, 2.75) is 30.6 Å². The number of carbonyl (C=O) groups excluding carboxylic acids is 3. The molecule has 30 heavy (non-hydrogen) atoms. The van der Waals surface area contributed by atoms with E-state index in [1.807, 2.05) is 0 Å². The summed E-state index contributed by atoms with van der Waals surface area (Å²) in [5, 5.41) is 25.1. The molecule has 3 amide bonds.